The van der Waals surface area contributed by atoms with Crippen molar-refractivity contribution in [3.8, 4) is 0 Å². The van der Waals surface area contributed by atoms with Gasteiger partial charge in [-0.25, -0.2) is 0 Å². The number of carbonyl (C=O) groups is 1. The Labute approximate surface area is 182 Å². The average Bonchev–Trinajstić information content (AvgIpc) is 2.71. The molecule has 1 aliphatic heterocycles. The number of fused-ring (bicyclic) bond motifs is 2. The number of aromatic nitrogens is 1. The minimum atomic E-state index is -0.890. The molecule has 9 nitrogen and oxygen atoms in total. The maximum Gasteiger partial charge on any atom is 0.317 e. The molecule has 31 heavy (non-hydrogen) atoms. The van der Waals surface area contributed by atoms with Gasteiger partial charge in [0.2, 0.25) is 0 Å². The summed E-state index contributed by atoms with van der Waals surface area (Å²) in [4.78, 5) is 33.3. The van der Waals surface area contributed by atoms with Crippen molar-refractivity contribution < 1.29 is 14.8 Å². The average molecular weight is 428 g/mol. The third-order valence-electron chi connectivity index (χ3n) is 5.52. The van der Waals surface area contributed by atoms with Gasteiger partial charge >= 0.3 is 5.97 Å². The molecule has 0 unspecified atom stereocenters. The van der Waals surface area contributed by atoms with Crippen LogP contribution in [0.5, 0.6) is 0 Å². The van der Waals surface area contributed by atoms with Crippen molar-refractivity contribution in [1.82, 2.24) is 19.7 Å². The van der Waals surface area contributed by atoms with Gasteiger partial charge in [0.05, 0.1) is 22.9 Å². The lowest BCUT2D eigenvalue weighted by Gasteiger charge is -2.34. The highest BCUT2D eigenvalue weighted by molar-refractivity contribution is 5.69. The summed E-state index contributed by atoms with van der Waals surface area (Å²) in [5.41, 5.74) is 2.78. The van der Waals surface area contributed by atoms with Crippen molar-refractivity contribution in [3.63, 3.8) is 0 Å². The van der Waals surface area contributed by atoms with Crippen molar-refractivity contribution in [1.29, 1.82) is 0 Å². The Balaban J connectivity index is 1.90. The van der Waals surface area contributed by atoms with E-state index >= 15 is 0 Å². The number of aliphatic carboxylic acids is 1. The van der Waals surface area contributed by atoms with E-state index in [0.29, 0.717) is 19.5 Å². The fraction of sp³-hybridized carbons (Fsp3) is 0.455. The number of nitro benzene ring substituents is 1. The monoisotopic (exact) mass is 427 g/mol. The highest BCUT2D eigenvalue weighted by atomic mass is 16.6. The standard InChI is InChI=1S/C22H29N5O4/c1-24-10-11-25(2)15-21(12-17-6-8-20(9-7-17)27(30)31)26(16-22(28)29)14-19-5-3-4-18(13-24)23-19/h3-9,21H,10-16H2,1-2H3,(H,28,29)/t21-/m0/s1. The molecule has 0 saturated heterocycles. The van der Waals surface area contributed by atoms with E-state index in [2.05, 4.69) is 16.8 Å². The molecule has 1 atom stereocenters. The molecule has 0 amide bonds. The second-order valence-corrected chi connectivity index (χ2v) is 8.20. The Morgan fingerprint density at radius 2 is 1.74 bits per heavy atom. The summed E-state index contributed by atoms with van der Waals surface area (Å²) in [7, 11) is 4.11. The normalized spacial score (nSPS) is 19.4. The molecule has 1 aliphatic rings. The fourth-order valence-corrected chi connectivity index (χ4v) is 3.88. The molecule has 0 aliphatic carbocycles. The van der Waals surface area contributed by atoms with E-state index in [0.717, 1.165) is 36.6 Å². The van der Waals surface area contributed by atoms with Crippen molar-refractivity contribution in [3.05, 3.63) is 69.5 Å². The molecule has 0 fully saturated rings. The molecule has 1 aromatic heterocycles. The van der Waals surface area contributed by atoms with Crippen LogP contribution in [0.15, 0.2) is 42.5 Å². The Hall–Kier alpha value is -2.88. The van der Waals surface area contributed by atoms with Gasteiger partial charge in [0, 0.05) is 50.9 Å². The minimum absolute atomic E-state index is 0.0472. The first kappa shape index (κ1) is 22.8. The smallest absolute Gasteiger partial charge is 0.317 e. The molecule has 2 bridgehead atoms. The second-order valence-electron chi connectivity index (χ2n) is 8.20. The Kier molecular flexibility index (Phi) is 7.67. The van der Waals surface area contributed by atoms with Crippen LogP contribution in [-0.2, 0) is 24.3 Å². The van der Waals surface area contributed by atoms with Gasteiger partial charge < -0.3 is 10.0 Å². The van der Waals surface area contributed by atoms with Gasteiger partial charge in [0.25, 0.3) is 5.69 Å². The van der Waals surface area contributed by atoms with Crippen LogP contribution in [0.2, 0.25) is 0 Å². The predicted octanol–water partition coefficient (Wildman–Crippen LogP) is 1.86. The predicted molar refractivity (Wildman–Crippen MR) is 117 cm³/mol. The highest BCUT2D eigenvalue weighted by Crippen LogP contribution is 2.18. The Morgan fingerprint density at radius 3 is 2.39 bits per heavy atom. The quantitative estimate of drug-likeness (QED) is 0.570. The number of carboxylic acid groups (broad SMARTS) is 1. The lowest BCUT2D eigenvalue weighted by atomic mass is 10.0. The van der Waals surface area contributed by atoms with E-state index in [9.17, 15) is 20.0 Å². The summed E-state index contributed by atoms with van der Waals surface area (Å²) in [6.45, 7) is 3.46. The van der Waals surface area contributed by atoms with Gasteiger partial charge in [-0.1, -0.05) is 18.2 Å². The largest absolute Gasteiger partial charge is 0.480 e. The van der Waals surface area contributed by atoms with Crippen LogP contribution in [0.1, 0.15) is 17.0 Å². The van der Waals surface area contributed by atoms with Crippen LogP contribution >= 0.6 is 0 Å². The first-order chi connectivity index (χ1) is 14.8. The Morgan fingerprint density at radius 1 is 1.10 bits per heavy atom. The molecule has 0 radical (unpaired) electrons. The number of hydrogen-bond acceptors (Lipinski definition) is 7. The number of likely N-dealkylation sites (N-methyl/N-ethyl adjacent to an activating group) is 2. The van der Waals surface area contributed by atoms with Crippen LogP contribution in [0, 0.1) is 10.1 Å². The van der Waals surface area contributed by atoms with E-state index in [1.807, 2.05) is 30.1 Å². The molecular formula is C22H29N5O4. The molecule has 0 saturated carbocycles. The fourth-order valence-electron chi connectivity index (χ4n) is 3.88. The van der Waals surface area contributed by atoms with E-state index in [1.165, 1.54) is 12.1 Å². The Bertz CT molecular complexity index is 905. The molecule has 2 heterocycles. The molecule has 9 heteroatoms. The van der Waals surface area contributed by atoms with Gasteiger partial charge in [-0.3, -0.25) is 29.7 Å². The minimum Gasteiger partial charge on any atom is -0.480 e. The van der Waals surface area contributed by atoms with Crippen LogP contribution in [0.4, 0.5) is 5.69 Å². The molecule has 0 spiro atoms. The summed E-state index contributed by atoms with van der Waals surface area (Å²) in [6, 6.07) is 12.3. The third kappa shape index (κ3) is 6.81. The third-order valence-corrected chi connectivity index (χ3v) is 5.52. The number of non-ortho nitro benzene ring substituents is 1. The van der Waals surface area contributed by atoms with Gasteiger partial charge in [0.15, 0.2) is 0 Å². The zero-order chi connectivity index (χ0) is 22.4. The summed E-state index contributed by atoms with van der Waals surface area (Å²) in [5, 5.41) is 20.5. The van der Waals surface area contributed by atoms with Crippen LogP contribution in [0.3, 0.4) is 0 Å². The summed E-state index contributed by atoms with van der Waals surface area (Å²) in [5.74, 6) is -0.890. The molecule has 3 rings (SSSR count). The summed E-state index contributed by atoms with van der Waals surface area (Å²) >= 11 is 0. The van der Waals surface area contributed by atoms with Gasteiger partial charge in [0.1, 0.15) is 0 Å². The van der Waals surface area contributed by atoms with E-state index in [1.54, 1.807) is 12.1 Å². The molecular weight excluding hydrogens is 398 g/mol. The van der Waals surface area contributed by atoms with Crippen molar-refractivity contribution in [2.45, 2.75) is 25.6 Å². The number of pyridine rings is 1. The molecule has 2 aromatic rings. The number of nitrogens with zero attached hydrogens (tertiary/aromatic N) is 5. The lowest BCUT2D eigenvalue weighted by Crippen LogP contribution is -2.47. The zero-order valence-corrected chi connectivity index (χ0v) is 18.0. The van der Waals surface area contributed by atoms with Crippen molar-refractivity contribution in [2.24, 2.45) is 0 Å². The molecule has 166 valence electrons. The topological polar surface area (TPSA) is 103 Å². The van der Waals surface area contributed by atoms with Gasteiger partial charge in [-0.15, -0.1) is 0 Å². The van der Waals surface area contributed by atoms with Crippen molar-refractivity contribution in [2.75, 3.05) is 40.3 Å². The van der Waals surface area contributed by atoms with Crippen molar-refractivity contribution >= 4 is 11.7 Å². The van der Waals surface area contributed by atoms with Crippen LogP contribution in [0.25, 0.3) is 0 Å². The van der Waals surface area contributed by atoms with E-state index in [4.69, 9.17) is 4.98 Å². The highest BCUT2D eigenvalue weighted by Gasteiger charge is 2.24. The zero-order valence-electron chi connectivity index (χ0n) is 18.0. The van der Waals surface area contributed by atoms with Gasteiger partial charge in [-0.05, 0) is 38.2 Å². The first-order valence-corrected chi connectivity index (χ1v) is 10.3. The first-order valence-electron chi connectivity index (χ1n) is 10.3. The number of rotatable bonds is 5. The number of carboxylic acids is 1. The maximum absolute atomic E-state index is 11.7. The maximum atomic E-state index is 11.7. The lowest BCUT2D eigenvalue weighted by molar-refractivity contribution is -0.384. The number of hydrogen-bond donors (Lipinski definition) is 1. The van der Waals surface area contributed by atoms with E-state index in [-0.39, 0.29) is 18.3 Å². The van der Waals surface area contributed by atoms with E-state index < -0.39 is 10.9 Å². The van der Waals surface area contributed by atoms with Crippen LogP contribution in [-0.4, -0.2) is 82.0 Å². The summed E-state index contributed by atoms with van der Waals surface area (Å²) < 4.78 is 0. The molecule has 1 aromatic carbocycles. The molecule has 1 N–H and O–H groups in total. The van der Waals surface area contributed by atoms with Crippen LogP contribution < -0.4 is 0 Å². The number of benzene rings is 1. The SMILES string of the molecule is CN1CCN(C)C[C@H](Cc2ccc([N+](=O)[O-])cc2)N(CC(=O)O)Cc2cccc(n2)C1. The summed E-state index contributed by atoms with van der Waals surface area (Å²) in [6.07, 6.45) is 0.588. The number of nitro groups is 1. The second kappa shape index (κ2) is 10.4. The van der Waals surface area contributed by atoms with Gasteiger partial charge in [-0.2, -0.15) is 0 Å².